The minimum Gasteiger partial charge on any atom is -0.455 e. The van der Waals surface area contributed by atoms with Crippen LogP contribution in [0.5, 0.6) is 0 Å². The molecule has 3 amide bonds. The Bertz CT molecular complexity index is 1480. The number of aliphatic hydroxyl groups is 1. The lowest BCUT2D eigenvalue weighted by atomic mass is 9.70. The fraction of sp³-hybridized carbons (Fsp3) is 0.474. The van der Waals surface area contributed by atoms with Crippen molar-refractivity contribution in [1.29, 1.82) is 0 Å². The van der Waals surface area contributed by atoms with Crippen LogP contribution in [0.2, 0.25) is 0 Å². The number of hydrogen-bond donors (Lipinski definition) is 1. The van der Waals surface area contributed by atoms with Crippen LogP contribution in [0.15, 0.2) is 86.0 Å². The Morgan fingerprint density at radius 3 is 2.44 bits per heavy atom. The number of likely N-dealkylation sites (tertiary alicyclic amines) is 1. The van der Waals surface area contributed by atoms with Gasteiger partial charge in [0.1, 0.15) is 17.7 Å². The molecule has 10 heteroatoms. The molecule has 1 spiro atoms. The molecule has 0 aromatic heterocycles. The number of hydrogen-bond acceptors (Lipinski definition) is 7. The van der Waals surface area contributed by atoms with Gasteiger partial charge in [-0.1, -0.05) is 72.8 Å². The first kappa shape index (κ1) is 35.0. The smallest absolute Gasteiger partial charge is 0.313 e. The number of fused-ring (bicyclic) bond motifs is 1. The molecule has 0 aliphatic carbocycles. The first-order chi connectivity index (χ1) is 23.2. The van der Waals surface area contributed by atoms with Gasteiger partial charge in [0.2, 0.25) is 17.7 Å². The van der Waals surface area contributed by atoms with Crippen LogP contribution < -0.4 is 0 Å². The number of nitrogens with zero attached hydrogens (tertiary/aromatic N) is 3. The standard InChI is InChI=1S/C38H47N3O7/c1-5-7-19-30(43)39(4)26(3)33(28-17-12-9-13-18-28)47-37(46)31-29-20-21-38(48-29)32(31)35(44)41(23-14-24-42)34(38)36(45)40(22-6-2)25-27-15-10-8-11-16-27/h5-6,8-13,15-18,26,29,31-34,42H,1-2,7,14,19-25H2,3-4H3/t26-,29+,31-,32-,33+,34+,38-/m1/s1. The predicted molar refractivity (Wildman–Crippen MR) is 180 cm³/mol. The van der Waals surface area contributed by atoms with Gasteiger partial charge >= 0.3 is 5.97 Å². The minimum atomic E-state index is -1.21. The highest BCUT2D eigenvalue weighted by atomic mass is 16.6. The first-order valence-electron chi connectivity index (χ1n) is 16.8. The van der Waals surface area contributed by atoms with Gasteiger partial charge in [-0.3, -0.25) is 19.2 Å². The van der Waals surface area contributed by atoms with Gasteiger partial charge < -0.3 is 29.3 Å². The van der Waals surface area contributed by atoms with E-state index in [0.29, 0.717) is 25.8 Å². The Labute approximate surface area is 283 Å². The third-order valence-electron chi connectivity index (χ3n) is 10.1. The summed E-state index contributed by atoms with van der Waals surface area (Å²) in [5.41, 5.74) is 0.441. The van der Waals surface area contributed by atoms with Crippen LogP contribution in [-0.4, -0.2) is 94.0 Å². The number of amides is 3. The molecular weight excluding hydrogens is 610 g/mol. The maximum Gasteiger partial charge on any atom is 0.313 e. The maximum absolute atomic E-state index is 14.5. The number of carbonyl (C=O) groups excluding carboxylic acids is 4. The lowest BCUT2D eigenvalue weighted by Crippen LogP contribution is -2.56. The van der Waals surface area contributed by atoms with Crippen LogP contribution in [0.3, 0.4) is 0 Å². The molecule has 3 heterocycles. The first-order valence-corrected chi connectivity index (χ1v) is 16.8. The normalized spacial score (nSPS) is 25.2. The number of ether oxygens (including phenoxy) is 2. The second-order valence-electron chi connectivity index (χ2n) is 13.0. The number of likely N-dealkylation sites (N-methyl/N-ethyl adjacent to an activating group) is 1. The predicted octanol–water partition coefficient (Wildman–Crippen LogP) is 4.06. The molecule has 2 aromatic rings. The van der Waals surface area contributed by atoms with Gasteiger partial charge in [0.05, 0.1) is 24.0 Å². The lowest BCUT2D eigenvalue weighted by Gasteiger charge is -2.37. The van der Waals surface area contributed by atoms with Crippen molar-refractivity contribution in [3.8, 4) is 0 Å². The fourth-order valence-electron chi connectivity index (χ4n) is 7.67. The van der Waals surface area contributed by atoms with Gasteiger partial charge in [0.15, 0.2) is 0 Å². The van der Waals surface area contributed by atoms with Gasteiger partial charge in [-0.25, -0.2) is 0 Å². The van der Waals surface area contributed by atoms with E-state index in [2.05, 4.69) is 13.2 Å². The monoisotopic (exact) mass is 657 g/mol. The minimum absolute atomic E-state index is 0.104. The van der Waals surface area contributed by atoms with Gasteiger partial charge in [-0.2, -0.15) is 0 Å². The molecule has 10 nitrogen and oxygen atoms in total. The van der Waals surface area contributed by atoms with Gasteiger partial charge in [0.25, 0.3) is 0 Å². The summed E-state index contributed by atoms with van der Waals surface area (Å²) in [6, 6.07) is 17.4. The summed E-state index contributed by atoms with van der Waals surface area (Å²) in [5, 5.41) is 9.70. The van der Waals surface area contributed by atoms with E-state index >= 15 is 0 Å². The molecule has 256 valence electrons. The summed E-state index contributed by atoms with van der Waals surface area (Å²) >= 11 is 0. The molecule has 2 aromatic carbocycles. The molecule has 0 unspecified atom stereocenters. The van der Waals surface area contributed by atoms with Crippen molar-refractivity contribution in [1.82, 2.24) is 14.7 Å². The molecule has 3 saturated heterocycles. The summed E-state index contributed by atoms with van der Waals surface area (Å²) in [4.78, 5) is 60.9. The van der Waals surface area contributed by atoms with Crippen molar-refractivity contribution < 1.29 is 33.8 Å². The Morgan fingerprint density at radius 2 is 1.79 bits per heavy atom. The third kappa shape index (κ3) is 6.69. The molecule has 3 aliphatic rings. The summed E-state index contributed by atoms with van der Waals surface area (Å²) in [6.07, 6.45) is 3.96. The van der Waals surface area contributed by atoms with E-state index in [1.807, 2.05) is 67.6 Å². The van der Waals surface area contributed by atoms with Gasteiger partial charge in [-0.05, 0) is 43.7 Å². The summed E-state index contributed by atoms with van der Waals surface area (Å²) in [7, 11) is 1.69. The Kier molecular flexibility index (Phi) is 11.2. The van der Waals surface area contributed by atoms with Crippen molar-refractivity contribution >= 4 is 23.7 Å². The molecule has 3 fully saturated rings. The van der Waals surface area contributed by atoms with Crippen molar-refractivity contribution in [2.45, 2.75) is 75.5 Å². The zero-order valence-electron chi connectivity index (χ0n) is 27.9. The molecular formula is C38H47N3O7. The van der Waals surface area contributed by atoms with Gasteiger partial charge in [0, 0.05) is 39.7 Å². The van der Waals surface area contributed by atoms with E-state index in [4.69, 9.17) is 9.47 Å². The Hall–Kier alpha value is -4.28. The average Bonchev–Trinajstić information content (AvgIpc) is 3.75. The number of aliphatic hydroxyl groups excluding tert-OH is 1. The SMILES string of the molecule is C=CCCC(=O)N(C)[C@H](C)[C@H](OC(=O)[C@@H]1[C@@H]2CC[C@]3(O2)[C@H](C(=O)N(CC=C)Cc2ccccc2)N(CCCO)C(=O)[C@@H]13)c1ccccc1. The second kappa shape index (κ2) is 15.3. The average molecular weight is 658 g/mol. The number of allylic oxidation sites excluding steroid dienone is 1. The number of benzene rings is 2. The Balaban J connectivity index is 1.45. The van der Waals surface area contributed by atoms with Crippen LogP contribution in [0.4, 0.5) is 0 Å². The van der Waals surface area contributed by atoms with Crippen LogP contribution in [-0.2, 0) is 35.2 Å². The number of esters is 1. The fourth-order valence-corrected chi connectivity index (χ4v) is 7.67. The van der Waals surface area contributed by atoms with E-state index in [1.165, 1.54) is 4.90 Å². The van der Waals surface area contributed by atoms with E-state index in [9.17, 15) is 24.3 Å². The quantitative estimate of drug-likeness (QED) is 0.214. The largest absolute Gasteiger partial charge is 0.455 e. The summed E-state index contributed by atoms with van der Waals surface area (Å²) in [5.74, 6) is -3.16. The zero-order chi connectivity index (χ0) is 34.4. The topological polar surface area (TPSA) is 117 Å². The van der Waals surface area contributed by atoms with E-state index < -0.39 is 47.7 Å². The van der Waals surface area contributed by atoms with Crippen LogP contribution in [0, 0.1) is 11.8 Å². The van der Waals surface area contributed by atoms with E-state index in [1.54, 1.807) is 29.0 Å². The van der Waals surface area contributed by atoms with Crippen molar-refractivity contribution in [2.24, 2.45) is 11.8 Å². The van der Waals surface area contributed by atoms with Crippen LogP contribution in [0.1, 0.15) is 56.3 Å². The number of carbonyl (C=O) groups is 4. The van der Waals surface area contributed by atoms with Crippen LogP contribution in [0.25, 0.3) is 0 Å². The molecule has 5 rings (SSSR count). The molecule has 2 bridgehead atoms. The van der Waals surface area contributed by atoms with Crippen LogP contribution >= 0.6 is 0 Å². The Morgan fingerprint density at radius 1 is 1.10 bits per heavy atom. The lowest BCUT2D eigenvalue weighted by molar-refractivity contribution is -0.164. The maximum atomic E-state index is 14.5. The highest BCUT2D eigenvalue weighted by molar-refractivity contribution is 5.98. The van der Waals surface area contributed by atoms with Crippen molar-refractivity contribution in [2.75, 3.05) is 26.7 Å². The second-order valence-corrected chi connectivity index (χ2v) is 13.0. The van der Waals surface area contributed by atoms with Gasteiger partial charge in [-0.15, -0.1) is 13.2 Å². The third-order valence-corrected chi connectivity index (χ3v) is 10.1. The summed E-state index contributed by atoms with van der Waals surface area (Å²) < 4.78 is 12.9. The molecule has 1 N–H and O–H groups in total. The molecule has 0 saturated carbocycles. The molecule has 0 radical (unpaired) electrons. The van der Waals surface area contributed by atoms with E-state index in [0.717, 1.165) is 11.1 Å². The highest BCUT2D eigenvalue weighted by Crippen LogP contribution is 2.59. The zero-order valence-corrected chi connectivity index (χ0v) is 27.9. The molecule has 48 heavy (non-hydrogen) atoms. The number of rotatable bonds is 16. The molecule has 7 atom stereocenters. The van der Waals surface area contributed by atoms with Crippen molar-refractivity contribution in [3.63, 3.8) is 0 Å². The van der Waals surface area contributed by atoms with E-state index in [-0.39, 0.29) is 50.3 Å². The highest BCUT2D eigenvalue weighted by Gasteiger charge is 2.75. The summed E-state index contributed by atoms with van der Waals surface area (Å²) in [6.45, 7) is 9.96. The van der Waals surface area contributed by atoms with Crippen molar-refractivity contribution in [3.05, 3.63) is 97.1 Å². The molecule has 3 aliphatic heterocycles.